The molecule has 0 amide bonds. The molecule has 0 spiro atoms. The molecule has 7 nitrogen and oxygen atoms in total. The lowest BCUT2D eigenvalue weighted by Crippen LogP contribution is -2.36. The predicted molar refractivity (Wildman–Crippen MR) is 72.4 cm³/mol. The van der Waals surface area contributed by atoms with Crippen molar-refractivity contribution in [1.82, 2.24) is 14.9 Å². The summed E-state index contributed by atoms with van der Waals surface area (Å²) in [5.74, 6) is 0.168. The highest BCUT2D eigenvalue weighted by atomic mass is 35.5. The topological polar surface area (TPSA) is 84.2 Å². The van der Waals surface area contributed by atoms with E-state index < -0.39 is 4.92 Å². The van der Waals surface area contributed by atoms with Crippen LogP contribution in [0.2, 0.25) is 5.15 Å². The van der Waals surface area contributed by atoms with E-state index in [-0.39, 0.29) is 22.7 Å². The van der Waals surface area contributed by atoms with Gasteiger partial charge in [0.05, 0.1) is 4.92 Å². The van der Waals surface area contributed by atoms with E-state index in [2.05, 4.69) is 34.2 Å². The first-order valence-electron chi connectivity index (χ1n) is 6.11. The van der Waals surface area contributed by atoms with Crippen molar-refractivity contribution < 1.29 is 4.92 Å². The van der Waals surface area contributed by atoms with Crippen molar-refractivity contribution in [2.75, 3.05) is 18.9 Å². The maximum absolute atomic E-state index is 10.9. The van der Waals surface area contributed by atoms with Crippen LogP contribution in [0.25, 0.3) is 0 Å². The van der Waals surface area contributed by atoms with E-state index >= 15 is 0 Å². The number of likely N-dealkylation sites (N-methyl/N-ethyl adjacent to an activating group) is 1. The first kappa shape index (κ1) is 14.0. The van der Waals surface area contributed by atoms with Gasteiger partial charge < -0.3 is 5.32 Å². The van der Waals surface area contributed by atoms with E-state index in [0.717, 1.165) is 0 Å². The van der Waals surface area contributed by atoms with Crippen LogP contribution in [0, 0.1) is 10.1 Å². The zero-order chi connectivity index (χ0) is 14.0. The Bertz CT molecular complexity index is 480. The zero-order valence-electron chi connectivity index (χ0n) is 10.8. The Morgan fingerprint density at radius 3 is 2.89 bits per heavy atom. The fraction of sp³-hybridized carbons (Fsp3) is 0.636. The van der Waals surface area contributed by atoms with Gasteiger partial charge in [0.15, 0.2) is 0 Å². The number of nitro groups is 1. The van der Waals surface area contributed by atoms with E-state index in [4.69, 9.17) is 11.6 Å². The zero-order valence-corrected chi connectivity index (χ0v) is 11.6. The number of aromatic nitrogens is 2. The molecule has 0 aliphatic heterocycles. The van der Waals surface area contributed by atoms with E-state index in [9.17, 15) is 10.1 Å². The van der Waals surface area contributed by atoms with E-state index in [1.54, 1.807) is 0 Å². The molecule has 1 aromatic heterocycles. The normalized spacial score (nSPS) is 16.4. The number of halogens is 1. The summed E-state index contributed by atoms with van der Waals surface area (Å²) in [6, 6.07) is 0.904. The summed E-state index contributed by atoms with van der Waals surface area (Å²) in [6.45, 7) is 2.64. The molecule has 1 atom stereocenters. The molecule has 0 aromatic carbocycles. The van der Waals surface area contributed by atoms with Crippen molar-refractivity contribution in [2.24, 2.45) is 0 Å². The molecular weight excluding hydrogens is 270 g/mol. The quantitative estimate of drug-likeness (QED) is 0.488. The van der Waals surface area contributed by atoms with Crippen molar-refractivity contribution in [1.29, 1.82) is 0 Å². The lowest BCUT2D eigenvalue weighted by atomic mass is 10.3. The molecule has 1 fully saturated rings. The van der Waals surface area contributed by atoms with Crippen LogP contribution in [0.4, 0.5) is 11.5 Å². The average molecular weight is 286 g/mol. The summed E-state index contributed by atoms with van der Waals surface area (Å²) in [6.07, 6.45) is 3.66. The Morgan fingerprint density at radius 2 is 2.32 bits per heavy atom. The minimum absolute atomic E-state index is 0.147. The molecule has 1 unspecified atom stereocenters. The van der Waals surface area contributed by atoms with Gasteiger partial charge >= 0.3 is 5.69 Å². The van der Waals surface area contributed by atoms with Gasteiger partial charge in [-0.15, -0.1) is 0 Å². The van der Waals surface area contributed by atoms with Gasteiger partial charge in [0, 0.05) is 18.6 Å². The van der Waals surface area contributed by atoms with Crippen LogP contribution in [0.1, 0.15) is 19.8 Å². The first-order chi connectivity index (χ1) is 9.00. The lowest BCUT2D eigenvalue weighted by molar-refractivity contribution is -0.384. The van der Waals surface area contributed by atoms with Gasteiger partial charge in [-0.25, -0.2) is 9.97 Å². The Morgan fingerprint density at radius 1 is 1.63 bits per heavy atom. The fourth-order valence-corrected chi connectivity index (χ4v) is 2.08. The molecule has 0 saturated heterocycles. The summed E-state index contributed by atoms with van der Waals surface area (Å²) < 4.78 is 0. The molecule has 0 radical (unpaired) electrons. The van der Waals surface area contributed by atoms with Crippen LogP contribution >= 0.6 is 11.6 Å². The highest BCUT2D eigenvalue weighted by Crippen LogP contribution is 2.29. The molecule has 1 aliphatic rings. The van der Waals surface area contributed by atoms with Crippen LogP contribution in [0.3, 0.4) is 0 Å². The lowest BCUT2D eigenvalue weighted by Gasteiger charge is -2.24. The van der Waals surface area contributed by atoms with Crippen LogP contribution in [0.15, 0.2) is 6.33 Å². The number of hydrogen-bond acceptors (Lipinski definition) is 6. The highest BCUT2D eigenvalue weighted by molar-refractivity contribution is 6.31. The van der Waals surface area contributed by atoms with Gasteiger partial charge in [0.1, 0.15) is 6.33 Å². The van der Waals surface area contributed by atoms with Crippen molar-refractivity contribution in [3.05, 3.63) is 21.6 Å². The monoisotopic (exact) mass is 285 g/mol. The third-order valence-corrected chi connectivity index (χ3v) is 3.62. The second-order valence-corrected chi connectivity index (χ2v) is 5.10. The van der Waals surface area contributed by atoms with Gasteiger partial charge in [0.25, 0.3) is 0 Å². The predicted octanol–water partition coefficient (Wildman–Crippen LogP) is 1.93. The Labute approximate surface area is 116 Å². The second kappa shape index (κ2) is 5.66. The summed E-state index contributed by atoms with van der Waals surface area (Å²) in [4.78, 5) is 20.1. The van der Waals surface area contributed by atoms with Crippen molar-refractivity contribution in [3.8, 4) is 0 Å². The van der Waals surface area contributed by atoms with Gasteiger partial charge in [-0.2, -0.15) is 0 Å². The Balaban J connectivity index is 2.02. The number of nitrogens with zero attached hydrogens (tertiary/aromatic N) is 4. The Hall–Kier alpha value is -1.47. The summed E-state index contributed by atoms with van der Waals surface area (Å²) in [7, 11) is 2.06. The van der Waals surface area contributed by atoms with Crippen LogP contribution in [-0.2, 0) is 0 Å². The molecule has 8 heteroatoms. The van der Waals surface area contributed by atoms with Crippen molar-refractivity contribution in [2.45, 2.75) is 31.8 Å². The minimum atomic E-state index is -0.570. The molecule has 1 N–H and O–H groups in total. The molecular formula is C11H16ClN5O2. The first-order valence-corrected chi connectivity index (χ1v) is 6.49. The standard InChI is InChI=1S/C11H16ClN5O2/c1-7(16(2)8-3-4-8)5-13-11-9(17(18)19)10(12)14-6-15-11/h6-8H,3-5H2,1-2H3,(H,13,14,15). The average Bonchev–Trinajstić information content (AvgIpc) is 3.18. The number of hydrogen-bond donors (Lipinski definition) is 1. The van der Waals surface area contributed by atoms with Gasteiger partial charge in [-0.3, -0.25) is 15.0 Å². The van der Waals surface area contributed by atoms with Crippen molar-refractivity contribution in [3.63, 3.8) is 0 Å². The SMILES string of the molecule is CC(CNc1ncnc(Cl)c1[N+](=O)[O-])N(C)C1CC1. The number of rotatable bonds is 6. The molecule has 1 heterocycles. The fourth-order valence-electron chi connectivity index (χ4n) is 1.88. The van der Waals surface area contributed by atoms with Crippen LogP contribution in [-0.4, -0.2) is 45.5 Å². The third kappa shape index (κ3) is 3.30. The Kier molecular flexibility index (Phi) is 4.16. The molecule has 0 bridgehead atoms. The third-order valence-electron chi connectivity index (χ3n) is 3.34. The summed E-state index contributed by atoms with van der Waals surface area (Å²) >= 11 is 5.72. The number of nitrogens with one attached hydrogen (secondary N) is 1. The highest BCUT2D eigenvalue weighted by Gasteiger charge is 2.29. The number of anilines is 1. The summed E-state index contributed by atoms with van der Waals surface area (Å²) in [5, 5.41) is 13.8. The smallest absolute Gasteiger partial charge is 0.348 e. The van der Waals surface area contributed by atoms with Crippen LogP contribution < -0.4 is 5.32 Å². The second-order valence-electron chi connectivity index (χ2n) is 4.75. The maximum atomic E-state index is 10.9. The maximum Gasteiger partial charge on any atom is 0.348 e. The van der Waals surface area contributed by atoms with E-state index in [1.165, 1.54) is 19.2 Å². The van der Waals surface area contributed by atoms with Gasteiger partial charge in [0.2, 0.25) is 11.0 Å². The molecule has 19 heavy (non-hydrogen) atoms. The molecule has 1 saturated carbocycles. The van der Waals surface area contributed by atoms with E-state index in [0.29, 0.717) is 12.6 Å². The molecule has 104 valence electrons. The molecule has 1 aliphatic carbocycles. The van der Waals surface area contributed by atoms with E-state index in [1.807, 2.05) is 0 Å². The van der Waals surface area contributed by atoms with Crippen molar-refractivity contribution >= 4 is 23.1 Å². The van der Waals surface area contributed by atoms with Gasteiger partial charge in [-0.1, -0.05) is 11.6 Å². The van der Waals surface area contributed by atoms with Crippen LogP contribution in [0.5, 0.6) is 0 Å². The largest absolute Gasteiger partial charge is 0.363 e. The van der Waals surface area contributed by atoms with Gasteiger partial charge in [-0.05, 0) is 26.8 Å². The molecule has 1 aromatic rings. The molecule has 2 rings (SSSR count). The summed E-state index contributed by atoms with van der Waals surface area (Å²) in [5.41, 5.74) is -0.273. The minimum Gasteiger partial charge on any atom is -0.363 e.